The van der Waals surface area contributed by atoms with Crippen LogP contribution in [0.15, 0.2) is 12.1 Å². The lowest BCUT2D eigenvalue weighted by molar-refractivity contribution is -0.141. The smallest absolute Gasteiger partial charge is 0.357 e. The topological polar surface area (TPSA) is 42.2 Å². The molecule has 3 nitrogen and oxygen atoms in total. The number of rotatable bonds is 4. The molecule has 0 saturated heterocycles. The number of aromatic nitrogens is 1. The molecule has 0 unspecified atom stereocenters. The van der Waals surface area contributed by atoms with Crippen LogP contribution in [0.3, 0.4) is 0 Å². The first-order valence-corrected chi connectivity index (χ1v) is 7.15. The van der Waals surface area contributed by atoms with Crippen molar-refractivity contribution in [2.75, 3.05) is 18.0 Å². The minimum Gasteiger partial charge on any atom is -0.357 e. The highest BCUT2D eigenvalue weighted by Crippen LogP contribution is 2.30. The molecule has 1 rings (SSSR count). The Morgan fingerprint density at radius 3 is 1.82 bits per heavy atom. The lowest BCUT2D eigenvalue weighted by Gasteiger charge is -2.23. The Morgan fingerprint density at radius 1 is 1.05 bits per heavy atom. The molecule has 0 radical (unpaired) electrons. The van der Waals surface area contributed by atoms with Crippen molar-refractivity contribution >= 4 is 5.82 Å². The highest BCUT2D eigenvalue weighted by atomic mass is 19.4. The summed E-state index contributed by atoms with van der Waals surface area (Å²) < 4.78 is 49.4. The number of nitrogens with zero attached hydrogens (tertiary/aromatic N) is 2. The van der Waals surface area contributed by atoms with E-state index in [2.05, 4.69) is 4.98 Å². The third-order valence-electron chi connectivity index (χ3n) is 2.53. The van der Waals surface area contributed by atoms with Crippen molar-refractivity contribution in [1.29, 1.82) is 0 Å². The van der Waals surface area contributed by atoms with E-state index in [0.29, 0.717) is 24.5 Å². The molecule has 7 heteroatoms. The Hall–Kier alpha value is -1.37. The minimum atomic E-state index is -4.42. The normalized spacial score (nSPS) is 11.7. The second-order valence-corrected chi connectivity index (χ2v) is 5.62. The van der Waals surface area contributed by atoms with Crippen molar-refractivity contribution < 1.29 is 17.6 Å². The molecule has 0 aliphatic heterocycles. The highest BCUT2D eigenvalue weighted by molar-refractivity contribution is 5.48. The van der Waals surface area contributed by atoms with Crippen molar-refractivity contribution in [3.05, 3.63) is 23.4 Å². The Balaban J connectivity index is 0.000000763. The summed E-state index contributed by atoms with van der Waals surface area (Å²) in [5.74, 6) is 0.326. The van der Waals surface area contributed by atoms with Crippen LogP contribution in [0.5, 0.6) is 0 Å². The van der Waals surface area contributed by atoms with Crippen molar-refractivity contribution in [3.8, 4) is 0 Å². The summed E-state index contributed by atoms with van der Waals surface area (Å²) in [5, 5.41) is 0. The molecular formula is C15H25F4N3. The number of halogens is 4. The lowest BCUT2D eigenvalue weighted by Crippen LogP contribution is -2.26. The van der Waals surface area contributed by atoms with E-state index in [9.17, 15) is 17.6 Å². The van der Waals surface area contributed by atoms with Gasteiger partial charge in [-0.25, -0.2) is 9.37 Å². The molecule has 128 valence electrons. The van der Waals surface area contributed by atoms with E-state index in [1.165, 1.54) is 26.8 Å². The zero-order valence-corrected chi connectivity index (χ0v) is 13.8. The number of pyridine rings is 1. The Labute approximate surface area is 129 Å². The first-order chi connectivity index (χ1) is 9.93. The first-order valence-electron chi connectivity index (χ1n) is 7.15. The Bertz CT molecular complexity index is 443. The fourth-order valence-electron chi connectivity index (χ4n) is 1.59. The lowest BCUT2D eigenvalue weighted by atomic mass is 10.2. The first kappa shape index (κ1) is 20.6. The number of anilines is 1. The molecule has 2 N–H and O–H groups in total. The van der Waals surface area contributed by atoms with Gasteiger partial charge < -0.3 is 10.6 Å². The van der Waals surface area contributed by atoms with Gasteiger partial charge in [0.1, 0.15) is 17.2 Å². The van der Waals surface area contributed by atoms with Crippen LogP contribution in [0.4, 0.5) is 23.4 Å². The minimum absolute atomic E-state index is 0.178. The number of alkyl halides is 4. The molecule has 1 aromatic heterocycles. The van der Waals surface area contributed by atoms with E-state index in [1.807, 2.05) is 13.8 Å². The number of hydrogen-bond donors (Lipinski definition) is 1. The van der Waals surface area contributed by atoms with Crippen molar-refractivity contribution in [2.45, 2.75) is 53.0 Å². The van der Waals surface area contributed by atoms with Crippen LogP contribution in [0.1, 0.15) is 45.9 Å². The molecule has 1 aromatic rings. The van der Waals surface area contributed by atoms with Gasteiger partial charge in [0.2, 0.25) is 0 Å². The second-order valence-electron chi connectivity index (χ2n) is 5.62. The van der Waals surface area contributed by atoms with E-state index < -0.39 is 17.5 Å². The summed E-state index contributed by atoms with van der Waals surface area (Å²) in [6.45, 7) is 9.66. The van der Waals surface area contributed by atoms with Gasteiger partial charge in [0.25, 0.3) is 0 Å². The van der Waals surface area contributed by atoms with Crippen LogP contribution in [0.25, 0.3) is 0 Å². The quantitative estimate of drug-likeness (QED) is 0.846. The SMILES string of the molecule is CC(C)(C)F.CCN(CC)c1nc(C(F)(F)F)ccc1CN. The van der Waals surface area contributed by atoms with Crippen LogP contribution in [0, 0.1) is 0 Å². The highest BCUT2D eigenvalue weighted by Gasteiger charge is 2.33. The molecular weight excluding hydrogens is 298 g/mol. The number of hydrogen-bond acceptors (Lipinski definition) is 3. The van der Waals surface area contributed by atoms with Gasteiger partial charge in [-0.1, -0.05) is 6.07 Å². The molecule has 1 heterocycles. The number of nitrogens with two attached hydrogens (primary N) is 1. The monoisotopic (exact) mass is 323 g/mol. The molecule has 0 saturated carbocycles. The summed E-state index contributed by atoms with van der Waals surface area (Å²) in [4.78, 5) is 5.44. The van der Waals surface area contributed by atoms with Gasteiger partial charge in [-0.15, -0.1) is 0 Å². The van der Waals surface area contributed by atoms with Crippen LogP contribution in [-0.4, -0.2) is 23.7 Å². The van der Waals surface area contributed by atoms with Gasteiger partial charge in [-0.05, 0) is 40.7 Å². The summed E-state index contributed by atoms with van der Waals surface area (Å²) in [5.41, 5.74) is 4.26. The molecule has 0 atom stereocenters. The van der Waals surface area contributed by atoms with Gasteiger partial charge in [0.15, 0.2) is 0 Å². The maximum atomic E-state index is 12.6. The standard InChI is InChI=1S/C11H16F3N3.C4H9F/c1-3-17(4-2)10-8(7-15)5-6-9(16-10)11(12,13)14;1-4(2,3)5/h5-6H,3-4,7,15H2,1-2H3;1-3H3. The van der Waals surface area contributed by atoms with E-state index in [4.69, 9.17) is 5.73 Å². The van der Waals surface area contributed by atoms with Crippen LogP contribution >= 0.6 is 0 Å². The molecule has 0 spiro atoms. The third-order valence-corrected chi connectivity index (χ3v) is 2.53. The largest absolute Gasteiger partial charge is 0.433 e. The molecule has 0 aliphatic carbocycles. The van der Waals surface area contributed by atoms with Crippen molar-refractivity contribution in [1.82, 2.24) is 4.98 Å². The van der Waals surface area contributed by atoms with Gasteiger partial charge in [0.05, 0.1) is 0 Å². The van der Waals surface area contributed by atoms with Crippen molar-refractivity contribution in [2.24, 2.45) is 5.73 Å². The zero-order chi connectivity index (χ0) is 17.6. The summed E-state index contributed by atoms with van der Waals surface area (Å²) in [6, 6.07) is 2.36. The molecule has 0 aromatic carbocycles. The molecule has 0 fully saturated rings. The van der Waals surface area contributed by atoms with Gasteiger partial charge in [-0.2, -0.15) is 13.2 Å². The molecule has 0 aliphatic rings. The fourth-order valence-corrected chi connectivity index (χ4v) is 1.59. The summed E-state index contributed by atoms with van der Waals surface area (Å²) in [6.07, 6.45) is -4.42. The maximum absolute atomic E-state index is 12.6. The van der Waals surface area contributed by atoms with Crippen LogP contribution in [0.2, 0.25) is 0 Å². The summed E-state index contributed by atoms with van der Waals surface area (Å²) in [7, 11) is 0. The Morgan fingerprint density at radius 2 is 1.50 bits per heavy atom. The molecule has 0 amide bonds. The molecule has 0 bridgehead atoms. The average molecular weight is 323 g/mol. The fraction of sp³-hybridized carbons (Fsp3) is 0.667. The van der Waals surface area contributed by atoms with E-state index in [-0.39, 0.29) is 6.54 Å². The van der Waals surface area contributed by atoms with Gasteiger partial charge in [-0.3, -0.25) is 0 Å². The predicted octanol–water partition coefficient (Wildman–Crippen LogP) is 4.16. The average Bonchev–Trinajstić information content (AvgIpc) is 2.37. The Kier molecular flexibility index (Phi) is 7.79. The summed E-state index contributed by atoms with van der Waals surface area (Å²) >= 11 is 0. The third kappa shape index (κ3) is 7.59. The zero-order valence-electron chi connectivity index (χ0n) is 13.8. The van der Waals surface area contributed by atoms with E-state index in [1.54, 1.807) is 4.90 Å². The molecule has 22 heavy (non-hydrogen) atoms. The van der Waals surface area contributed by atoms with Gasteiger partial charge in [0, 0.05) is 25.2 Å². The maximum Gasteiger partial charge on any atom is 0.433 e. The van der Waals surface area contributed by atoms with Crippen LogP contribution in [-0.2, 0) is 12.7 Å². The van der Waals surface area contributed by atoms with Gasteiger partial charge >= 0.3 is 6.18 Å². The van der Waals surface area contributed by atoms with Crippen molar-refractivity contribution in [3.63, 3.8) is 0 Å². The van der Waals surface area contributed by atoms with E-state index in [0.717, 1.165) is 6.07 Å². The van der Waals surface area contributed by atoms with Crippen LogP contribution < -0.4 is 10.6 Å². The second kappa shape index (κ2) is 8.31. The van der Waals surface area contributed by atoms with E-state index >= 15 is 0 Å². The predicted molar refractivity (Wildman–Crippen MR) is 81.6 cm³/mol.